The zero-order valence-electron chi connectivity index (χ0n) is 43.0. The summed E-state index contributed by atoms with van der Waals surface area (Å²) in [6.45, 7) is 12.2. The van der Waals surface area contributed by atoms with Crippen LogP contribution in [0, 0.1) is 0 Å². The number of pyridine rings is 6. The molecule has 0 unspecified atom stereocenters. The topological polar surface area (TPSA) is 235 Å². The fourth-order valence-electron chi connectivity index (χ4n) is 5.47. The van der Waals surface area contributed by atoms with Gasteiger partial charge in [-0.2, -0.15) is 0 Å². The van der Waals surface area contributed by atoms with Crippen LogP contribution in [-0.4, -0.2) is 105 Å². The van der Waals surface area contributed by atoms with Crippen molar-refractivity contribution >= 4 is 51.4 Å². The van der Waals surface area contributed by atoms with E-state index >= 15 is 0 Å². The Kier molecular flexibility index (Phi) is 25.7. The van der Waals surface area contributed by atoms with E-state index in [1.54, 1.807) is 114 Å². The fourth-order valence-corrected chi connectivity index (χ4v) is 5.47. The van der Waals surface area contributed by atoms with Crippen molar-refractivity contribution in [2.75, 3.05) is 39.6 Å². The molecule has 6 heterocycles. The first-order valence-corrected chi connectivity index (χ1v) is 26.8. The molecule has 0 fully saturated rings. The van der Waals surface area contributed by atoms with E-state index in [-0.39, 0.29) is 19.5 Å². The number of nitrogens with zero attached hydrogens (tertiary/aromatic N) is 6. The number of carbonyl (C=O) groups is 6. The molecule has 6 aromatic heterocycles. The van der Waals surface area contributed by atoms with Crippen LogP contribution in [-0.2, 0) is 47.9 Å². The molecule has 0 aliphatic heterocycles. The summed E-state index contributed by atoms with van der Waals surface area (Å²) >= 11 is 0. The van der Waals surface area contributed by atoms with Gasteiger partial charge >= 0.3 is 102 Å². The van der Waals surface area contributed by atoms with Gasteiger partial charge in [0.2, 0.25) is 0 Å². The average molecular weight is 1290 g/mol. The van der Waals surface area contributed by atoms with E-state index in [2.05, 4.69) is 29.9 Å². The number of carbonyl (C=O) groups excluding carboxylic acids is 6. The Hall–Kier alpha value is -7.64. The fraction of sp³-hybridized carbons (Fsp3) is 0.250. The van der Waals surface area contributed by atoms with Gasteiger partial charge in [0.15, 0.2) is 0 Å². The van der Waals surface area contributed by atoms with Crippen LogP contribution in [0.2, 0.25) is 0 Å². The first-order valence-electron chi connectivity index (χ1n) is 22.8. The molecule has 33 heteroatoms. The van der Waals surface area contributed by atoms with Gasteiger partial charge in [-0.1, -0.05) is 0 Å². The maximum absolute atomic E-state index is 11.7. The number of halogens is 12. The van der Waals surface area contributed by atoms with Crippen molar-refractivity contribution in [3.63, 3.8) is 0 Å². The summed E-state index contributed by atoms with van der Waals surface area (Å²) in [5.74, 6) is -2.54. The van der Waals surface area contributed by atoms with Crippen LogP contribution in [0.5, 0.6) is 0 Å². The molecule has 0 amide bonds. The zero-order valence-corrected chi connectivity index (χ0v) is 46.5. The number of hydrogen-bond acceptors (Lipinski definition) is 18. The Labute approximate surface area is 465 Å². The van der Waals surface area contributed by atoms with E-state index in [1.807, 2.05) is 0 Å². The molecule has 446 valence electrons. The molecule has 6 rings (SSSR count). The zero-order chi connectivity index (χ0) is 60.7. The van der Waals surface area contributed by atoms with Crippen LogP contribution in [0.25, 0.3) is 34.2 Å². The predicted octanol–water partition coefficient (Wildman–Crippen LogP) is 14.3. The third-order valence-electron chi connectivity index (χ3n) is 8.41. The Morgan fingerprint density at radius 1 is 0.296 bits per heavy atom. The van der Waals surface area contributed by atoms with Gasteiger partial charge in [0, 0.05) is 56.7 Å². The van der Waals surface area contributed by atoms with Crippen molar-refractivity contribution in [1.82, 2.24) is 29.9 Å². The minimum atomic E-state index is -10.7. The molecule has 18 nitrogen and oxygen atoms in total. The summed E-state index contributed by atoms with van der Waals surface area (Å²) in [6.07, 6.45) is 9.00. The van der Waals surface area contributed by atoms with Crippen LogP contribution in [0.3, 0.4) is 0 Å². The summed E-state index contributed by atoms with van der Waals surface area (Å²) in [5, 5.41) is 0. The van der Waals surface area contributed by atoms with Crippen molar-refractivity contribution in [3.8, 4) is 34.2 Å². The van der Waals surface area contributed by atoms with Gasteiger partial charge in [0.1, 0.15) is 0 Å². The largest absolute Gasteiger partial charge is 0 e. The van der Waals surface area contributed by atoms with E-state index in [0.717, 1.165) is 0 Å². The van der Waals surface area contributed by atoms with Crippen LogP contribution in [0.15, 0.2) is 110 Å². The molecule has 0 saturated heterocycles. The molecule has 81 heavy (non-hydrogen) atoms. The minimum absolute atomic E-state index is 0. The second-order valence-electron chi connectivity index (χ2n) is 14.8. The molecule has 0 aromatic carbocycles. The number of ether oxygens (including phenoxy) is 6. The molecule has 6 aromatic rings. The average Bonchev–Trinajstić information content (AvgIpc) is 3.38. The van der Waals surface area contributed by atoms with Crippen LogP contribution >= 0.6 is 15.6 Å². The van der Waals surface area contributed by atoms with E-state index in [4.69, 9.17) is 28.4 Å². The van der Waals surface area contributed by atoms with Crippen LogP contribution < -0.4 is 0 Å². The Morgan fingerprint density at radius 2 is 0.407 bits per heavy atom. The van der Waals surface area contributed by atoms with Crippen molar-refractivity contribution in [2.24, 2.45) is 0 Å². The second kappa shape index (κ2) is 29.2. The summed E-state index contributed by atoms with van der Waals surface area (Å²) in [6, 6.07) is 18.9. The van der Waals surface area contributed by atoms with Crippen molar-refractivity contribution < 1.29 is 127 Å². The number of hydrogen-bond donors (Lipinski definition) is 0. The van der Waals surface area contributed by atoms with Gasteiger partial charge in [-0.25, -0.2) is 28.8 Å². The normalized spacial score (nSPS) is 12.2. The number of aromatic nitrogens is 6. The van der Waals surface area contributed by atoms with E-state index < -0.39 is 51.4 Å². The first kappa shape index (κ1) is 71.4. The number of esters is 6. The van der Waals surface area contributed by atoms with Gasteiger partial charge in [-0.05, 0) is 114 Å². The van der Waals surface area contributed by atoms with Gasteiger partial charge in [-0.3, -0.25) is 29.9 Å². The van der Waals surface area contributed by atoms with Gasteiger partial charge in [-0.15, -0.1) is 0 Å². The monoisotopic (exact) mass is 1290 g/mol. The quantitative estimate of drug-likeness (QED) is 0.0305. The van der Waals surface area contributed by atoms with E-state index in [1.165, 1.54) is 37.2 Å². The SMILES string of the molecule is CCOC(=O)c1ccnc(-c2cc(C(=O)OCC)ccn2)c1.CCOC(=O)c1ccnc(-c2cc(C(=O)OCC)ccn2)c1.CCOC(=O)c1ccnc(-c2cc(C(=O)OCC)ccn2)c1.F[P-](F)(F)(F)(F)F.F[P-](F)(F)(F)(F)F.[Ru]. The number of rotatable bonds is 15. The van der Waals surface area contributed by atoms with Gasteiger partial charge in [0.05, 0.1) is 107 Å². The summed E-state index contributed by atoms with van der Waals surface area (Å²) < 4.78 is 148. The summed E-state index contributed by atoms with van der Waals surface area (Å²) in [7, 11) is -21.3. The molecule has 0 atom stereocenters. The molecule has 0 aliphatic rings. The first-order chi connectivity index (χ1) is 36.9. The van der Waals surface area contributed by atoms with Crippen LogP contribution in [0.1, 0.15) is 104 Å². The Balaban J connectivity index is 0.000000539. The molecule has 0 bridgehead atoms. The maximum atomic E-state index is 11.7. The molecule has 0 radical (unpaired) electrons. The summed E-state index contributed by atoms with van der Waals surface area (Å²) in [4.78, 5) is 95.5. The minimum Gasteiger partial charge on any atom is 0 e. The van der Waals surface area contributed by atoms with Crippen LogP contribution in [0.4, 0.5) is 50.4 Å². The molecule has 0 aliphatic carbocycles. The van der Waals surface area contributed by atoms with Crippen molar-refractivity contribution in [2.45, 2.75) is 41.5 Å². The van der Waals surface area contributed by atoms with E-state index in [9.17, 15) is 79.1 Å². The molecule has 0 N–H and O–H groups in total. The maximum Gasteiger partial charge on any atom is 0 e. The Bertz CT molecular complexity index is 2630. The predicted molar refractivity (Wildman–Crippen MR) is 265 cm³/mol. The smallest absolute Gasteiger partial charge is 0 e. The second-order valence-corrected chi connectivity index (χ2v) is 18.7. The third kappa shape index (κ3) is 31.7. The summed E-state index contributed by atoms with van der Waals surface area (Å²) in [5.41, 5.74) is 5.20. The molecular weight excluding hydrogens is 1240 g/mol. The molecule has 0 saturated carbocycles. The standard InChI is InChI=1S/3C16H16N2O4.2F6P.Ru/c3*1-3-21-15(19)11-5-7-17-13(9-11)14-10-12(6-8-18-14)16(20)22-4-2;2*1-7(2,3,4,5)6;/h3*5-10H,3-4H2,1-2H3;;;/q;;;2*-1;. The van der Waals surface area contributed by atoms with Gasteiger partial charge in [0.25, 0.3) is 0 Å². The molecular formula is C48H48F12N6O12P2Ru-2. The molecule has 0 spiro atoms. The third-order valence-corrected chi connectivity index (χ3v) is 8.41. The van der Waals surface area contributed by atoms with Crippen molar-refractivity contribution in [3.05, 3.63) is 143 Å². The van der Waals surface area contributed by atoms with E-state index in [0.29, 0.717) is 107 Å². The Morgan fingerprint density at radius 3 is 0.506 bits per heavy atom. The van der Waals surface area contributed by atoms with Gasteiger partial charge < -0.3 is 28.4 Å². The van der Waals surface area contributed by atoms with Crippen molar-refractivity contribution in [1.29, 1.82) is 0 Å².